The Labute approximate surface area is 85.8 Å². The molecule has 2 aliphatic rings. The van der Waals surface area contributed by atoms with E-state index in [4.69, 9.17) is 0 Å². The van der Waals surface area contributed by atoms with E-state index in [1.54, 1.807) is 7.05 Å². The van der Waals surface area contributed by atoms with Gasteiger partial charge in [-0.25, -0.2) is 4.79 Å². The number of hydrogen-bond donors (Lipinski definition) is 1. The van der Waals surface area contributed by atoms with E-state index < -0.39 is 0 Å². The average molecular weight is 196 g/mol. The SMILES string of the molecule is CNC(=O)N1CC(C)(C)C2CCCC21. The average Bonchev–Trinajstić information content (AvgIpc) is 2.68. The predicted molar refractivity (Wildman–Crippen MR) is 56.1 cm³/mol. The van der Waals surface area contributed by atoms with Gasteiger partial charge in [0.25, 0.3) is 0 Å². The molecule has 2 rings (SSSR count). The molecule has 80 valence electrons. The Hall–Kier alpha value is -0.730. The van der Waals surface area contributed by atoms with Crippen LogP contribution in [0.3, 0.4) is 0 Å². The van der Waals surface area contributed by atoms with E-state index in [9.17, 15) is 4.79 Å². The van der Waals surface area contributed by atoms with Gasteiger partial charge in [-0.2, -0.15) is 0 Å². The molecule has 1 aliphatic heterocycles. The van der Waals surface area contributed by atoms with Crippen molar-refractivity contribution in [3.05, 3.63) is 0 Å². The molecule has 1 saturated heterocycles. The van der Waals surface area contributed by atoms with Gasteiger partial charge in [0, 0.05) is 19.6 Å². The summed E-state index contributed by atoms with van der Waals surface area (Å²) in [5.41, 5.74) is 0.313. The monoisotopic (exact) mass is 196 g/mol. The lowest BCUT2D eigenvalue weighted by atomic mass is 9.80. The van der Waals surface area contributed by atoms with Gasteiger partial charge in [-0.1, -0.05) is 20.3 Å². The first-order valence-electron chi connectivity index (χ1n) is 5.54. The Kier molecular flexibility index (Phi) is 2.20. The molecule has 2 amide bonds. The number of urea groups is 1. The molecule has 1 aliphatic carbocycles. The lowest BCUT2D eigenvalue weighted by Crippen LogP contribution is -2.41. The van der Waals surface area contributed by atoms with Crippen LogP contribution in [0.15, 0.2) is 0 Å². The van der Waals surface area contributed by atoms with E-state index in [1.807, 2.05) is 4.90 Å². The number of nitrogens with zero attached hydrogens (tertiary/aromatic N) is 1. The molecule has 1 saturated carbocycles. The molecule has 2 fully saturated rings. The Morgan fingerprint density at radius 1 is 1.43 bits per heavy atom. The number of fused-ring (bicyclic) bond motifs is 1. The van der Waals surface area contributed by atoms with Gasteiger partial charge in [0.1, 0.15) is 0 Å². The summed E-state index contributed by atoms with van der Waals surface area (Å²) in [7, 11) is 1.72. The molecular weight excluding hydrogens is 176 g/mol. The lowest BCUT2D eigenvalue weighted by Gasteiger charge is -2.23. The summed E-state index contributed by atoms with van der Waals surface area (Å²) < 4.78 is 0. The van der Waals surface area contributed by atoms with Crippen molar-refractivity contribution in [2.24, 2.45) is 11.3 Å². The number of carbonyl (C=O) groups excluding carboxylic acids is 1. The minimum atomic E-state index is 0.104. The first kappa shape index (κ1) is 9.81. The fraction of sp³-hybridized carbons (Fsp3) is 0.909. The van der Waals surface area contributed by atoms with E-state index in [2.05, 4.69) is 19.2 Å². The summed E-state index contributed by atoms with van der Waals surface area (Å²) >= 11 is 0. The van der Waals surface area contributed by atoms with Gasteiger partial charge in [0.2, 0.25) is 0 Å². The second kappa shape index (κ2) is 3.14. The molecule has 0 spiro atoms. The molecule has 1 heterocycles. The minimum Gasteiger partial charge on any atom is -0.341 e. The third-order valence-electron chi connectivity index (χ3n) is 3.94. The highest BCUT2D eigenvalue weighted by Crippen LogP contribution is 2.48. The maximum Gasteiger partial charge on any atom is 0.317 e. The molecule has 0 radical (unpaired) electrons. The van der Waals surface area contributed by atoms with Crippen molar-refractivity contribution in [2.45, 2.75) is 39.2 Å². The molecular formula is C11H20N2O. The van der Waals surface area contributed by atoms with Gasteiger partial charge in [0.15, 0.2) is 0 Å². The third kappa shape index (κ3) is 1.30. The van der Waals surface area contributed by atoms with Crippen LogP contribution in [0, 0.1) is 11.3 Å². The number of likely N-dealkylation sites (tertiary alicyclic amines) is 1. The van der Waals surface area contributed by atoms with Crippen LogP contribution in [-0.4, -0.2) is 30.6 Å². The Morgan fingerprint density at radius 3 is 2.79 bits per heavy atom. The predicted octanol–water partition coefficient (Wildman–Crippen LogP) is 1.84. The third-order valence-corrected chi connectivity index (χ3v) is 3.94. The number of rotatable bonds is 0. The van der Waals surface area contributed by atoms with Crippen molar-refractivity contribution in [2.75, 3.05) is 13.6 Å². The lowest BCUT2D eigenvalue weighted by molar-refractivity contribution is 0.190. The van der Waals surface area contributed by atoms with Crippen LogP contribution in [-0.2, 0) is 0 Å². The van der Waals surface area contributed by atoms with Gasteiger partial charge in [-0.3, -0.25) is 0 Å². The van der Waals surface area contributed by atoms with Crippen LogP contribution in [0.25, 0.3) is 0 Å². The Morgan fingerprint density at radius 2 is 2.14 bits per heavy atom. The molecule has 0 bridgehead atoms. The molecule has 3 nitrogen and oxygen atoms in total. The van der Waals surface area contributed by atoms with Crippen molar-refractivity contribution in [3.63, 3.8) is 0 Å². The molecule has 0 aromatic heterocycles. The number of hydrogen-bond acceptors (Lipinski definition) is 1. The topological polar surface area (TPSA) is 32.3 Å². The number of nitrogens with one attached hydrogen (secondary N) is 1. The fourth-order valence-corrected chi connectivity index (χ4v) is 3.26. The first-order chi connectivity index (χ1) is 6.56. The van der Waals surface area contributed by atoms with E-state index in [0.29, 0.717) is 11.5 Å². The van der Waals surface area contributed by atoms with Crippen LogP contribution in [0.4, 0.5) is 4.79 Å². The smallest absolute Gasteiger partial charge is 0.317 e. The van der Waals surface area contributed by atoms with E-state index >= 15 is 0 Å². The van der Waals surface area contributed by atoms with E-state index in [-0.39, 0.29) is 6.03 Å². The van der Waals surface area contributed by atoms with Crippen molar-refractivity contribution in [1.82, 2.24) is 10.2 Å². The standard InChI is InChI=1S/C11H20N2O/c1-11(2)7-13(10(14)12-3)9-6-4-5-8(9)11/h8-9H,4-7H2,1-3H3,(H,12,14). The van der Waals surface area contributed by atoms with Crippen molar-refractivity contribution < 1.29 is 4.79 Å². The van der Waals surface area contributed by atoms with Gasteiger partial charge in [-0.05, 0) is 24.2 Å². The summed E-state index contributed by atoms with van der Waals surface area (Å²) in [5.74, 6) is 0.722. The van der Waals surface area contributed by atoms with E-state index in [1.165, 1.54) is 19.3 Å². The number of carbonyl (C=O) groups is 1. The summed E-state index contributed by atoms with van der Waals surface area (Å²) in [6, 6.07) is 0.609. The zero-order valence-corrected chi connectivity index (χ0v) is 9.34. The molecule has 1 N–H and O–H groups in total. The van der Waals surface area contributed by atoms with Crippen LogP contribution in [0.1, 0.15) is 33.1 Å². The van der Waals surface area contributed by atoms with Crippen molar-refractivity contribution >= 4 is 6.03 Å². The van der Waals surface area contributed by atoms with Gasteiger partial charge in [0.05, 0.1) is 0 Å². The van der Waals surface area contributed by atoms with Crippen LogP contribution >= 0.6 is 0 Å². The molecule has 2 atom stereocenters. The maximum absolute atomic E-state index is 11.7. The van der Waals surface area contributed by atoms with Crippen LogP contribution in [0.2, 0.25) is 0 Å². The van der Waals surface area contributed by atoms with Crippen molar-refractivity contribution in [1.29, 1.82) is 0 Å². The largest absolute Gasteiger partial charge is 0.341 e. The van der Waals surface area contributed by atoms with E-state index in [0.717, 1.165) is 12.5 Å². The summed E-state index contributed by atoms with van der Waals surface area (Å²) in [4.78, 5) is 13.7. The summed E-state index contributed by atoms with van der Waals surface area (Å²) in [5, 5.41) is 2.74. The zero-order chi connectivity index (χ0) is 10.3. The summed E-state index contributed by atoms with van der Waals surface area (Å²) in [6.07, 6.45) is 3.78. The van der Waals surface area contributed by atoms with Crippen LogP contribution in [0.5, 0.6) is 0 Å². The normalized spacial score (nSPS) is 34.4. The van der Waals surface area contributed by atoms with Crippen LogP contribution < -0.4 is 5.32 Å². The molecule has 2 unspecified atom stereocenters. The quantitative estimate of drug-likeness (QED) is 0.630. The fourth-order valence-electron chi connectivity index (χ4n) is 3.26. The molecule has 0 aromatic rings. The van der Waals surface area contributed by atoms with Crippen molar-refractivity contribution in [3.8, 4) is 0 Å². The van der Waals surface area contributed by atoms with Gasteiger partial charge in [-0.15, -0.1) is 0 Å². The number of amides is 2. The molecule has 14 heavy (non-hydrogen) atoms. The minimum absolute atomic E-state index is 0.104. The second-order valence-electron chi connectivity index (χ2n) is 5.28. The van der Waals surface area contributed by atoms with Gasteiger partial charge < -0.3 is 10.2 Å². The Balaban J connectivity index is 2.18. The maximum atomic E-state index is 11.7. The highest BCUT2D eigenvalue weighted by Gasteiger charge is 2.50. The second-order valence-corrected chi connectivity index (χ2v) is 5.28. The highest BCUT2D eigenvalue weighted by atomic mass is 16.2. The highest BCUT2D eigenvalue weighted by molar-refractivity contribution is 5.74. The molecule has 3 heteroatoms. The summed E-state index contributed by atoms with van der Waals surface area (Å²) in [6.45, 7) is 5.50. The van der Waals surface area contributed by atoms with Gasteiger partial charge >= 0.3 is 6.03 Å². The Bertz CT molecular complexity index is 250. The first-order valence-corrected chi connectivity index (χ1v) is 5.54. The molecule has 0 aromatic carbocycles. The zero-order valence-electron chi connectivity index (χ0n) is 9.34.